The van der Waals surface area contributed by atoms with E-state index in [1.807, 2.05) is 0 Å². The Bertz CT molecular complexity index is 1200. The number of aliphatic carboxylic acids is 1. The van der Waals surface area contributed by atoms with Crippen molar-refractivity contribution in [3.8, 4) is 5.75 Å². The number of benzene rings is 1. The molecule has 1 aliphatic rings. The van der Waals surface area contributed by atoms with Gasteiger partial charge < -0.3 is 14.0 Å². The van der Waals surface area contributed by atoms with E-state index in [1.165, 1.54) is 20.8 Å². The first-order valence-electron chi connectivity index (χ1n) is 9.18. The van der Waals surface area contributed by atoms with E-state index >= 15 is 0 Å². The molecule has 1 aromatic carbocycles. The van der Waals surface area contributed by atoms with Gasteiger partial charge >= 0.3 is 37.1 Å². The number of fused-ring (bicyclic) bond motifs is 1. The fourth-order valence-corrected chi connectivity index (χ4v) is 4.67. The van der Waals surface area contributed by atoms with Crippen LogP contribution < -0.4 is 8.49 Å². The zero-order valence-electron chi connectivity index (χ0n) is 17.9. The van der Waals surface area contributed by atoms with Crippen molar-refractivity contribution in [1.29, 1.82) is 0 Å². The summed E-state index contributed by atoms with van der Waals surface area (Å²) in [6.07, 6.45) is -2.82. The van der Waals surface area contributed by atoms with Crippen LogP contribution in [0.2, 0.25) is 0 Å². The molecule has 1 heterocycles. The lowest BCUT2D eigenvalue weighted by Crippen LogP contribution is -2.39. The predicted octanol–water partition coefficient (Wildman–Crippen LogP) is 3.38. The summed E-state index contributed by atoms with van der Waals surface area (Å²) in [6, 6.07) is 0.788. The topological polar surface area (TPSA) is 127 Å². The zero-order valence-corrected chi connectivity index (χ0v) is 19.5. The first-order valence-corrected chi connectivity index (χ1v) is 12.0. The van der Waals surface area contributed by atoms with Crippen LogP contribution in [0.5, 0.6) is 5.75 Å². The van der Waals surface area contributed by atoms with Gasteiger partial charge in [-0.25, -0.2) is 4.79 Å². The second-order valence-corrected chi connectivity index (χ2v) is 11.5. The molecule has 9 nitrogen and oxygen atoms in total. The highest BCUT2D eigenvalue weighted by Crippen LogP contribution is 2.47. The number of anilines is 1. The van der Waals surface area contributed by atoms with Crippen LogP contribution in [0.3, 0.4) is 0 Å². The Morgan fingerprint density at radius 3 is 2.00 bits per heavy atom. The molecule has 0 spiro atoms. The van der Waals surface area contributed by atoms with E-state index < -0.39 is 84.4 Å². The smallest absolute Gasteiger partial charge is 0.479 e. The molecule has 0 amide bonds. The summed E-state index contributed by atoms with van der Waals surface area (Å²) in [5.41, 5.74) is -15.6. The van der Waals surface area contributed by atoms with Crippen LogP contribution in [0.1, 0.15) is 43.6 Å². The molecule has 0 saturated carbocycles. The zero-order chi connectivity index (χ0) is 26.7. The highest BCUT2D eigenvalue weighted by atomic mass is 32.2. The number of halogens is 6. The third kappa shape index (κ3) is 5.19. The highest BCUT2D eigenvalue weighted by molar-refractivity contribution is 7.93. The average molecular weight is 543 g/mol. The van der Waals surface area contributed by atoms with E-state index in [-0.39, 0.29) is 9.87 Å². The van der Waals surface area contributed by atoms with Crippen LogP contribution in [0.15, 0.2) is 6.07 Å². The van der Waals surface area contributed by atoms with Crippen LogP contribution in [0.25, 0.3) is 0 Å². The summed E-state index contributed by atoms with van der Waals surface area (Å²) in [4.78, 5) is 11.9. The number of rotatable bonds is 6. The van der Waals surface area contributed by atoms with Gasteiger partial charge in [0, 0.05) is 17.7 Å². The minimum Gasteiger partial charge on any atom is -0.479 e. The lowest BCUT2D eigenvalue weighted by atomic mass is 9.96. The van der Waals surface area contributed by atoms with Crippen molar-refractivity contribution >= 4 is 31.8 Å². The van der Waals surface area contributed by atoms with Crippen molar-refractivity contribution in [3.63, 3.8) is 0 Å². The van der Waals surface area contributed by atoms with Gasteiger partial charge in [-0.15, -0.1) is 0 Å². The summed E-state index contributed by atoms with van der Waals surface area (Å²) >= 11 is 0. The summed E-state index contributed by atoms with van der Waals surface area (Å²) in [5.74, 6) is -3.03. The van der Waals surface area contributed by atoms with Crippen molar-refractivity contribution in [1.82, 2.24) is 0 Å². The molecule has 0 aliphatic carbocycles. The van der Waals surface area contributed by atoms with Gasteiger partial charge in [0.1, 0.15) is 0 Å². The maximum atomic E-state index is 13.1. The molecule has 1 unspecified atom stereocenters. The van der Waals surface area contributed by atoms with E-state index in [0.717, 1.165) is 13.0 Å². The number of ether oxygens (including phenoxy) is 1. The SMILES string of the molecule is Cc1cc2c(c(OS(=O)(=O)C(F)(F)F)c1C(OC(C)(C)C)C(=O)O)CCN2S(=O)(=O)C(F)(F)F. The fraction of sp³-hybridized carbons (Fsp3) is 0.588. The van der Waals surface area contributed by atoms with Gasteiger partial charge in [0.05, 0.1) is 11.3 Å². The van der Waals surface area contributed by atoms with Crippen molar-refractivity contribution in [2.45, 2.75) is 56.8 Å². The molecule has 0 radical (unpaired) electrons. The van der Waals surface area contributed by atoms with Gasteiger partial charge in [-0.3, -0.25) is 4.31 Å². The van der Waals surface area contributed by atoms with Crippen molar-refractivity contribution in [2.24, 2.45) is 0 Å². The first-order chi connectivity index (χ1) is 15.0. The summed E-state index contributed by atoms with van der Waals surface area (Å²) in [6.45, 7) is 4.27. The van der Waals surface area contributed by atoms with Crippen LogP contribution in [-0.2, 0) is 36.1 Å². The molecule has 0 fully saturated rings. The van der Waals surface area contributed by atoms with Crippen LogP contribution in [0.4, 0.5) is 32.0 Å². The Hall–Kier alpha value is -2.27. The van der Waals surface area contributed by atoms with Crippen LogP contribution >= 0.6 is 0 Å². The maximum absolute atomic E-state index is 13.1. The first kappa shape index (κ1) is 28.0. The number of carboxylic acids is 1. The molecule has 0 aromatic heterocycles. The lowest BCUT2D eigenvalue weighted by molar-refractivity contribution is -0.160. The quantitative estimate of drug-likeness (QED) is 0.329. The van der Waals surface area contributed by atoms with Crippen molar-refractivity contribution in [3.05, 3.63) is 22.8 Å². The molecule has 34 heavy (non-hydrogen) atoms. The number of carboxylic acid groups (broad SMARTS) is 1. The second-order valence-electron chi connectivity index (χ2n) is 8.14. The number of hydrogen-bond acceptors (Lipinski definition) is 7. The molecule has 1 atom stereocenters. The average Bonchev–Trinajstić information content (AvgIpc) is 3.01. The minimum absolute atomic E-state index is 0.160. The van der Waals surface area contributed by atoms with E-state index in [2.05, 4.69) is 4.18 Å². The van der Waals surface area contributed by atoms with Gasteiger partial charge in [0.2, 0.25) is 0 Å². The Balaban J connectivity index is 2.90. The molecule has 17 heteroatoms. The summed E-state index contributed by atoms with van der Waals surface area (Å²) in [5, 5.41) is 9.63. The van der Waals surface area contributed by atoms with Gasteiger partial charge in [0.25, 0.3) is 0 Å². The van der Waals surface area contributed by atoms with E-state index in [9.17, 15) is 53.1 Å². The normalized spacial score (nSPS) is 16.4. The molecule has 0 saturated heterocycles. The molecule has 1 N–H and O–H groups in total. The number of carbonyl (C=O) groups is 1. The molecule has 0 bridgehead atoms. The number of sulfonamides is 1. The Morgan fingerprint density at radius 2 is 1.59 bits per heavy atom. The molecule has 2 rings (SSSR count). The van der Waals surface area contributed by atoms with E-state index in [0.29, 0.717) is 0 Å². The number of hydrogen-bond donors (Lipinski definition) is 1. The number of nitrogens with zero attached hydrogens (tertiary/aromatic N) is 1. The highest BCUT2D eigenvalue weighted by Gasteiger charge is 2.54. The molecular weight excluding hydrogens is 524 g/mol. The minimum atomic E-state index is -6.43. The summed E-state index contributed by atoms with van der Waals surface area (Å²) in [7, 11) is -12.4. The third-order valence-electron chi connectivity index (χ3n) is 4.46. The van der Waals surface area contributed by atoms with Gasteiger partial charge in [0.15, 0.2) is 11.9 Å². The molecular formula is C17H19F6NO8S2. The van der Waals surface area contributed by atoms with Gasteiger partial charge in [-0.05, 0) is 45.7 Å². The van der Waals surface area contributed by atoms with Gasteiger partial charge in [-0.2, -0.15) is 43.2 Å². The second kappa shape index (κ2) is 8.44. The summed E-state index contributed by atoms with van der Waals surface area (Å²) < 4.78 is 135. The Morgan fingerprint density at radius 1 is 1.06 bits per heavy atom. The number of alkyl halides is 6. The van der Waals surface area contributed by atoms with E-state index in [4.69, 9.17) is 4.74 Å². The van der Waals surface area contributed by atoms with Crippen LogP contribution in [-0.4, -0.2) is 51.1 Å². The van der Waals surface area contributed by atoms with Crippen LogP contribution in [0, 0.1) is 6.92 Å². The Labute approximate surface area is 190 Å². The molecule has 1 aromatic rings. The predicted molar refractivity (Wildman–Crippen MR) is 104 cm³/mol. The fourth-order valence-electron chi connectivity index (χ4n) is 3.16. The van der Waals surface area contributed by atoms with Crippen molar-refractivity contribution in [2.75, 3.05) is 10.8 Å². The third-order valence-corrected chi connectivity index (χ3v) is 6.95. The maximum Gasteiger partial charge on any atom is 0.534 e. The van der Waals surface area contributed by atoms with E-state index in [1.54, 1.807) is 0 Å². The molecule has 1 aliphatic heterocycles. The number of aryl methyl sites for hydroxylation is 1. The standard InChI is InChI=1S/C17H19F6NO8S2/c1-8-7-10-9(5-6-24(10)33(27,28)16(18,19)20)12(32-34(29,30)17(21,22)23)11(8)13(14(25)26)31-15(2,3)4/h7,13H,5-6H2,1-4H3,(H,25,26). The Kier molecular flexibility index (Phi) is 6.94. The monoisotopic (exact) mass is 543 g/mol. The molecule has 194 valence electrons. The lowest BCUT2D eigenvalue weighted by Gasteiger charge is -2.29. The van der Waals surface area contributed by atoms with Crippen molar-refractivity contribution < 1.29 is 62.0 Å². The largest absolute Gasteiger partial charge is 0.534 e. The van der Waals surface area contributed by atoms with Gasteiger partial charge in [-0.1, -0.05) is 0 Å².